The average Bonchev–Trinajstić information content (AvgIpc) is 2.51. The van der Waals surface area contributed by atoms with Crippen molar-refractivity contribution < 1.29 is 32.3 Å². The van der Waals surface area contributed by atoms with Crippen LogP contribution in [0.4, 0.5) is 13.2 Å². The van der Waals surface area contributed by atoms with Crippen molar-refractivity contribution >= 4 is 20.2 Å². The summed E-state index contributed by atoms with van der Waals surface area (Å²) in [5, 5.41) is 11.4. The molecule has 0 aromatic heterocycles. The minimum Gasteiger partial charge on any atom is -0.480 e. The van der Waals surface area contributed by atoms with Gasteiger partial charge in [-0.3, -0.25) is 4.79 Å². The van der Waals surface area contributed by atoms with E-state index in [1.165, 1.54) is 12.1 Å². The zero-order valence-electron chi connectivity index (χ0n) is 16.1. The SMILES string of the molecule is CC(C)(C)[Si](C)(C)OCC[C@@H](NC(=O)c1ccccc1C(F)(F)F)C(=O)O. The van der Waals surface area contributed by atoms with Crippen LogP contribution in [-0.4, -0.2) is 37.9 Å². The second-order valence-electron chi connectivity index (χ2n) is 7.81. The van der Waals surface area contributed by atoms with Gasteiger partial charge in [-0.05, 0) is 30.3 Å². The molecule has 1 amide bonds. The topological polar surface area (TPSA) is 75.6 Å². The molecule has 1 atom stereocenters. The molecule has 2 N–H and O–H groups in total. The molecule has 1 rings (SSSR count). The molecule has 27 heavy (non-hydrogen) atoms. The first kappa shape index (κ1) is 23.2. The van der Waals surface area contributed by atoms with Gasteiger partial charge < -0.3 is 14.8 Å². The second-order valence-corrected chi connectivity index (χ2v) is 12.6. The molecule has 0 aliphatic rings. The zero-order chi connectivity index (χ0) is 21.0. The molecular formula is C18H26F3NO4Si. The Bertz CT molecular complexity index is 684. The summed E-state index contributed by atoms with van der Waals surface area (Å²) in [5.74, 6) is -2.41. The van der Waals surface area contributed by atoms with Crippen LogP contribution in [-0.2, 0) is 15.4 Å². The van der Waals surface area contributed by atoms with Crippen molar-refractivity contribution in [3.63, 3.8) is 0 Å². The number of hydrogen-bond donors (Lipinski definition) is 2. The maximum atomic E-state index is 13.0. The van der Waals surface area contributed by atoms with Gasteiger partial charge in [0.05, 0.1) is 11.1 Å². The molecule has 9 heteroatoms. The average molecular weight is 405 g/mol. The van der Waals surface area contributed by atoms with Crippen molar-refractivity contribution in [2.24, 2.45) is 0 Å². The minimum atomic E-state index is -4.71. The molecule has 1 aromatic carbocycles. The van der Waals surface area contributed by atoms with Crippen molar-refractivity contribution in [1.29, 1.82) is 0 Å². The van der Waals surface area contributed by atoms with E-state index in [2.05, 4.69) is 5.32 Å². The highest BCUT2D eigenvalue weighted by Crippen LogP contribution is 2.36. The van der Waals surface area contributed by atoms with E-state index in [0.717, 1.165) is 12.1 Å². The molecule has 0 saturated carbocycles. The Morgan fingerprint density at radius 2 is 1.74 bits per heavy atom. The predicted octanol–water partition coefficient (Wildman–Crippen LogP) is 4.30. The summed E-state index contributed by atoms with van der Waals surface area (Å²) in [6, 6.07) is 2.92. The van der Waals surface area contributed by atoms with Crippen LogP contribution in [0.5, 0.6) is 0 Å². The van der Waals surface area contributed by atoms with Crippen LogP contribution in [0, 0.1) is 0 Å². The summed E-state index contributed by atoms with van der Waals surface area (Å²) in [6.07, 6.45) is -4.75. The Labute approximate surface area is 158 Å². The molecule has 5 nitrogen and oxygen atoms in total. The van der Waals surface area contributed by atoms with Crippen molar-refractivity contribution in [3.05, 3.63) is 35.4 Å². The zero-order valence-corrected chi connectivity index (χ0v) is 17.1. The third kappa shape index (κ3) is 6.35. The van der Waals surface area contributed by atoms with E-state index in [4.69, 9.17) is 4.43 Å². The van der Waals surface area contributed by atoms with E-state index in [9.17, 15) is 27.9 Å². The molecule has 0 unspecified atom stereocenters. The lowest BCUT2D eigenvalue weighted by Gasteiger charge is -2.36. The summed E-state index contributed by atoms with van der Waals surface area (Å²) in [5.41, 5.74) is -1.72. The third-order valence-corrected chi connectivity index (χ3v) is 9.29. The van der Waals surface area contributed by atoms with Crippen LogP contribution < -0.4 is 5.32 Å². The van der Waals surface area contributed by atoms with E-state index < -0.39 is 43.5 Å². The summed E-state index contributed by atoms with van der Waals surface area (Å²) in [4.78, 5) is 23.7. The number of aliphatic carboxylic acids is 1. The van der Waals surface area contributed by atoms with Gasteiger partial charge in [0, 0.05) is 13.0 Å². The van der Waals surface area contributed by atoms with E-state index in [1.807, 2.05) is 33.9 Å². The van der Waals surface area contributed by atoms with Gasteiger partial charge in [-0.25, -0.2) is 4.79 Å². The van der Waals surface area contributed by atoms with Gasteiger partial charge in [-0.1, -0.05) is 32.9 Å². The molecule has 0 spiro atoms. The van der Waals surface area contributed by atoms with Crippen LogP contribution in [0.2, 0.25) is 18.1 Å². The lowest BCUT2D eigenvalue weighted by Crippen LogP contribution is -2.45. The Morgan fingerprint density at radius 1 is 1.19 bits per heavy atom. The second kappa shape index (κ2) is 8.43. The molecule has 0 bridgehead atoms. The quantitative estimate of drug-likeness (QED) is 0.663. The van der Waals surface area contributed by atoms with Gasteiger partial charge in [0.1, 0.15) is 6.04 Å². The van der Waals surface area contributed by atoms with E-state index >= 15 is 0 Å². The highest BCUT2D eigenvalue weighted by Gasteiger charge is 2.38. The minimum absolute atomic E-state index is 0.0399. The Morgan fingerprint density at radius 3 is 2.22 bits per heavy atom. The number of rotatable bonds is 7. The van der Waals surface area contributed by atoms with Crippen molar-refractivity contribution in [2.45, 2.75) is 57.5 Å². The number of alkyl halides is 3. The van der Waals surface area contributed by atoms with Crippen LogP contribution in [0.1, 0.15) is 43.1 Å². The van der Waals surface area contributed by atoms with Crippen molar-refractivity contribution in [1.82, 2.24) is 5.32 Å². The van der Waals surface area contributed by atoms with Crippen molar-refractivity contribution in [2.75, 3.05) is 6.61 Å². The monoisotopic (exact) mass is 405 g/mol. The Kier molecular flexibility index (Phi) is 7.23. The maximum absolute atomic E-state index is 13.0. The smallest absolute Gasteiger partial charge is 0.417 e. The molecule has 0 fully saturated rings. The number of benzene rings is 1. The van der Waals surface area contributed by atoms with Gasteiger partial charge in [0.15, 0.2) is 8.32 Å². The first-order chi connectivity index (χ1) is 12.2. The summed E-state index contributed by atoms with van der Waals surface area (Å²) in [7, 11) is -2.10. The Hall–Kier alpha value is -1.87. The van der Waals surface area contributed by atoms with Crippen LogP contribution in [0.15, 0.2) is 24.3 Å². The van der Waals surface area contributed by atoms with Gasteiger partial charge in [0.2, 0.25) is 0 Å². The fourth-order valence-corrected chi connectivity index (χ4v) is 3.13. The molecule has 1 aromatic rings. The number of carbonyl (C=O) groups is 2. The maximum Gasteiger partial charge on any atom is 0.417 e. The number of amides is 1. The number of carboxylic acid groups (broad SMARTS) is 1. The van der Waals surface area contributed by atoms with E-state index in [0.29, 0.717) is 0 Å². The fraction of sp³-hybridized carbons (Fsp3) is 0.556. The third-order valence-electron chi connectivity index (χ3n) is 4.76. The van der Waals surface area contributed by atoms with Gasteiger partial charge in [-0.15, -0.1) is 0 Å². The molecule has 0 radical (unpaired) electrons. The molecular weight excluding hydrogens is 379 g/mol. The number of carboxylic acids is 1. The standard InChI is InChI=1S/C18H26F3NO4Si/c1-17(2,3)27(4,5)26-11-10-14(16(24)25)22-15(23)12-8-6-7-9-13(12)18(19,20)21/h6-9,14H,10-11H2,1-5H3,(H,22,23)(H,24,25)/t14-/m1/s1. The Balaban J connectivity index is 2.85. The first-order valence-electron chi connectivity index (χ1n) is 8.50. The number of nitrogens with one attached hydrogen (secondary N) is 1. The van der Waals surface area contributed by atoms with E-state index in [1.54, 1.807) is 0 Å². The highest BCUT2D eigenvalue weighted by molar-refractivity contribution is 6.74. The lowest BCUT2D eigenvalue weighted by molar-refractivity contribution is -0.139. The first-order valence-corrected chi connectivity index (χ1v) is 11.4. The predicted molar refractivity (Wildman–Crippen MR) is 98.1 cm³/mol. The summed E-state index contributed by atoms with van der Waals surface area (Å²) < 4.78 is 45.0. The van der Waals surface area contributed by atoms with Crippen molar-refractivity contribution in [3.8, 4) is 0 Å². The van der Waals surface area contributed by atoms with Crippen LogP contribution in [0.25, 0.3) is 0 Å². The number of hydrogen-bond acceptors (Lipinski definition) is 3. The number of halogens is 3. The summed E-state index contributed by atoms with van der Waals surface area (Å²) >= 11 is 0. The molecule has 0 saturated heterocycles. The molecule has 0 aliphatic heterocycles. The molecule has 0 aliphatic carbocycles. The van der Waals surface area contributed by atoms with E-state index in [-0.39, 0.29) is 18.1 Å². The molecule has 152 valence electrons. The van der Waals surface area contributed by atoms with Crippen LogP contribution in [0.3, 0.4) is 0 Å². The lowest BCUT2D eigenvalue weighted by atomic mass is 10.1. The van der Waals surface area contributed by atoms with Crippen LogP contribution >= 0.6 is 0 Å². The van der Waals surface area contributed by atoms with Gasteiger partial charge in [-0.2, -0.15) is 13.2 Å². The number of carbonyl (C=O) groups excluding carboxylic acids is 1. The molecule has 0 heterocycles. The summed E-state index contributed by atoms with van der Waals surface area (Å²) in [6.45, 7) is 10.2. The largest absolute Gasteiger partial charge is 0.480 e. The fourth-order valence-electron chi connectivity index (χ4n) is 2.07. The normalized spacial score (nSPS) is 13.9. The van der Waals surface area contributed by atoms with Gasteiger partial charge >= 0.3 is 12.1 Å². The van der Waals surface area contributed by atoms with Gasteiger partial charge in [0.25, 0.3) is 5.91 Å². The highest BCUT2D eigenvalue weighted by atomic mass is 28.4.